The zero-order chi connectivity index (χ0) is 35.6. The van der Waals surface area contributed by atoms with Gasteiger partial charge in [-0.1, -0.05) is 146 Å². The number of thiophene rings is 1. The summed E-state index contributed by atoms with van der Waals surface area (Å²) in [5, 5.41) is 5.63. The van der Waals surface area contributed by atoms with Crippen LogP contribution in [0, 0.1) is 0 Å². The van der Waals surface area contributed by atoms with Crippen LogP contribution in [0.5, 0.6) is 0 Å². The van der Waals surface area contributed by atoms with E-state index in [1.54, 1.807) is 0 Å². The lowest BCUT2D eigenvalue weighted by Crippen LogP contribution is -1.96. The van der Waals surface area contributed by atoms with Gasteiger partial charge in [-0.05, 0) is 41.5 Å². The predicted molar refractivity (Wildman–Crippen MR) is 225 cm³/mol. The third-order valence-corrected chi connectivity index (χ3v) is 11.5. The minimum absolute atomic E-state index is 0.673. The van der Waals surface area contributed by atoms with Crippen LogP contribution in [0.2, 0.25) is 0 Å². The van der Waals surface area contributed by atoms with Crippen molar-refractivity contribution >= 4 is 64.4 Å². The van der Waals surface area contributed by atoms with Crippen LogP contribution in [-0.2, 0) is 0 Å². The van der Waals surface area contributed by atoms with E-state index in [-0.39, 0.29) is 0 Å². The van der Waals surface area contributed by atoms with E-state index in [0.29, 0.717) is 5.82 Å². The van der Waals surface area contributed by atoms with Crippen molar-refractivity contribution in [3.05, 3.63) is 176 Å². The third kappa shape index (κ3) is 5.01. The Balaban J connectivity index is 1.07. The summed E-state index contributed by atoms with van der Waals surface area (Å²) in [7, 11) is 0. The van der Waals surface area contributed by atoms with Crippen LogP contribution in [0.4, 0.5) is 0 Å². The zero-order valence-electron chi connectivity index (χ0n) is 28.9. The second-order valence-corrected chi connectivity index (χ2v) is 14.6. The number of benzene rings is 7. The van der Waals surface area contributed by atoms with Gasteiger partial charge in [-0.25, -0.2) is 15.0 Å². The Morgan fingerprint density at radius 1 is 0.426 bits per heavy atom. The fourth-order valence-corrected chi connectivity index (χ4v) is 8.92. The molecule has 0 aliphatic carbocycles. The highest BCUT2D eigenvalue weighted by Gasteiger charge is 2.20. The van der Waals surface area contributed by atoms with Crippen LogP contribution in [-0.4, -0.2) is 15.0 Å². The molecule has 252 valence electrons. The van der Waals surface area contributed by atoms with E-state index in [2.05, 4.69) is 127 Å². The molecule has 0 amide bonds. The first-order valence-corrected chi connectivity index (χ1v) is 18.8. The maximum Gasteiger partial charge on any atom is 0.160 e. The van der Waals surface area contributed by atoms with Gasteiger partial charge in [0.2, 0.25) is 0 Å². The van der Waals surface area contributed by atoms with Crippen molar-refractivity contribution < 1.29 is 4.42 Å². The van der Waals surface area contributed by atoms with Crippen LogP contribution in [0.3, 0.4) is 0 Å². The summed E-state index contributed by atoms with van der Waals surface area (Å²) in [6.07, 6.45) is 0. The molecule has 0 bridgehead atoms. The van der Waals surface area contributed by atoms with Crippen molar-refractivity contribution in [2.75, 3.05) is 0 Å². The van der Waals surface area contributed by atoms with Crippen LogP contribution in [0.15, 0.2) is 180 Å². The summed E-state index contributed by atoms with van der Waals surface area (Å²) >= 11 is 1.84. The molecular formula is C49H29N3OS. The molecule has 4 heterocycles. The highest BCUT2D eigenvalue weighted by molar-refractivity contribution is 7.26. The summed E-state index contributed by atoms with van der Waals surface area (Å²) in [4.78, 5) is 15.5. The molecule has 0 spiro atoms. The first-order chi connectivity index (χ1) is 26.7. The van der Waals surface area contributed by atoms with Gasteiger partial charge in [-0.2, -0.15) is 0 Å². The van der Waals surface area contributed by atoms with Crippen LogP contribution < -0.4 is 0 Å². The molecule has 11 aromatic rings. The van der Waals surface area contributed by atoms with E-state index in [0.717, 1.165) is 77.7 Å². The number of furan rings is 1. The van der Waals surface area contributed by atoms with Gasteiger partial charge in [0, 0.05) is 53.2 Å². The smallest absolute Gasteiger partial charge is 0.160 e. The van der Waals surface area contributed by atoms with E-state index in [1.165, 1.54) is 25.7 Å². The molecule has 0 atom stereocenters. The van der Waals surface area contributed by atoms with Crippen molar-refractivity contribution in [3.63, 3.8) is 0 Å². The Morgan fingerprint density at radius 2 is 1.06 bits per heavy atom. The molecule has 0 unspecified atom stereocenters. The van der Waals surface area contributed by atoms with Crippen molar-refractivity contribution in [3.8, 4) is 56.3 Å². The molecule has 11 rings (SSSR count). The molecule has 4 nitrogen and oxygen atoms in total. The Morgan fingerprint density at radius 3 is 1.81 bits per heavy atom. The van der Waals surface area contributed by atoms with Gasteiger partial charge in [0.25, 0.3) is 0 Å². The summed E-state index contributed by atoms with van der Waals surface area (Å²) in [5.41, 5.74) is 11.6. The summed E-state index contributed by atoms with van der Waals surface area (Å²) in [6, 6.07) is 61.2. The van der Waals surface area contributed by atoms with Crippen LogP contribution in [0.1, 0.15) is 0 Å². The van der Waals surface area contributed by atoms with Gasteiger partial charge in [0.05, 0.1) is 28.0 Å². The lowest BCUT2D eigenvalue weighted by molar-refractivity contribution is 0.672. The molecule has 0 N–H and O–H groups in total. The lowest BCUT2D eigenvalue weighted by Gasteiger charge is -2.11. The molecular weight excluding hydrogens is 679 g/mol. The molecule has 5 heteroatoms. The van der Waals surface area contributed by atoms with E-state index in [9.17, 15) is 0 Å². The highest BCUT2D eigenvalue weighted by Crippen LogP contribution is 2.43. The van der Waals surface area contributed by atoms with E-state index in [1.807, 2.05) is 59.9 Å². The summed E-state index contributed by atoms with van der Waals surface area (Å²) in [5.74, 6) is 0.673. The molecule has 7 aromatic carbocycles. The van der Waals surface area contributed by atoms with Gasteiger partial charge >= 0.3 is 0 Å². The number of aromatic nitrogens is 3. The number of para-hydroxylation sites is 1. The fraction of sp³-hybridized carbons (Fsp3) is 0. The van der Waals surface area contributed by atoms with Crippen LogP contribution >= 0.6 is 11.3 Å². The quantitative estimate of drug-likeness (QED) is 0.179. The Hall–Kier alpha value is -6.95. The first kappa shape index (κ1) is 30.7. The second kappa shape index (κ2) is 12.3. The van der Waals surface area contributed by atoms with Gasteiger partial charge in [-0.3, -0.25) is 0 Å². The number of fused-ring (bicyclic) bond motifs is 8. The minimum Gasteiger partial charge on any atom is -0.455 e. The van der Waals surface area contributed by atoms with Crippen molar-refractivity contribution in [2.24, 2.45) is 0 Å². The van der Waals surface area contributed by atoms with E-state index < -0.39 is 0 Å². The minimum atomic E-state index is 0.673. The predicted octanol–water partition coefficient (Wildman–Crippen LogP) is 13.6. The van der Waals surface area contributed by atoms with Crippen LogP contribution in [0.25, 0.3) is 109 Å². The van der Waals surface area contributed by atoms with Crippen molar-refractivity contribution in [1.29, 1.82) is 0 Å². The van der Waals surface area contributed by atoms with Crippen molar-refractivity contribution in [2.45, 2.75) is 0 Å². The van der Waals surface area contributed by atoms with E-state index >= 15 is 0 Å². The Bertz CT molecular complexity index is 3140. The molecule has 0 aliphatic heterocycles. The number of nitrogens with zero attached hydrogens (tertiary/aromatic N) is 3. The van der Waals surface area contributed by atoms with Crippen molar-refractivity contribution in [1.82, 2.24) is 15.0 Å². The number of pyridine rings is 1. The number of hydrogen-bond acceptors (Lipinski definition) is 5. The maximum absolute atomic E-state index is 6.63. The molecule has 0 fully saturated rings. The first-order valence-electron chi connectivity index (χ1n) is 18.0. The Labute approximate surface area is 314 Å². The summed E-state index contributed by atoms with van der Waals surface area (Å²) < 4.78 is 9.21. The zero-order valence-corrected chi connectivity index (χ0v) is 29.7. The molecule has 0 aliphatic rings. The van der Waals surface area contributed by atoms with Gasteiger partial charge < -0.3 is 4.42 Å². The number of hydrogen-bond donors (Lipinski definition) is 0. The largest absolute Gasteiger partial charge is 0.455 e. The van der Waals surface area contributed by atoms with Gasteiger partial charge in [-0.15, -0.1) is 11.3 Å². The second-order valence-electron chi connectivity index (χ2n) is 13.5. The SMILES string of the molecule is c1ccc(-c2cc(-c3ccccc3)nc(-c3ccc(-c4nc5cc(-c6cccc7c6sc6ccccc67)ccc5c5oc6ccccc6c45)cc3)n2)cc1. The molecule has 54 heavy (non-hydrogen) atoms. The maximum atomic E-state index is 6.63. The van der Waals surface area contributed by atoms with E-state index in [4.69, 9.17) is 19.4 Å². The average molecular weight is 708 g/mol. The molecule has 0 saturated heterocycles. The topological polar surface area (TPSA) is 51.8 Å². The Kier molecular flexibility index (Phi) is 7.00. The summed E-state index contributed by atoms with van der Waals surface area (Å²) in [6.45, 7) is 0. The standard InChI is InChI=1S/C49H29N3OS/c1-3-12-30(13-4-1)40-29-41(31-14-5-2-6-15-31)52-49(51-40)33-24-22-32(23-25-33)46-45-39-17-7-9-20-43(39)53-47(45)38-27-26-34(28-42(38)50-46)35-18-11-19-37-36-16-8-10-21-44(36)54-48(35)37/h1-29H. The average Bonchev–Trinajstić information content (AvgIpc) is 3.83. The monoisotopic (exact) mass is 707 g/mol. The molecule has 4 aromatic heterocycles. The lowest BCUT2D eigenvalue weighted by atomic mass is 9.98. The molecule has 0 saturated carbocycles. The molecule has 0 radical (unpaired) electrons. The highest BCUT2D eigenvalue weighted by atomic mass is 32.1. The van der Waals surface area contributed by atoms with Gasteiger partial charge in [0.1, 0.15) is 11.2 Å². The fourth-order valence-electron chi connectivity index (χ4n) is 7.68. The van der Waals surface area contributed by atoms with Gasteiger partial charge in [0.15, 0.2) is 5.82 Å². The third-order valence-electron chi connectivity index (χ3n) is 10.3. The number of rotatable bonds is 5. The normalized spacial score (nSPS) is 11.7.